The second-order valence-corrected chi connectivity index (χ2v) is 5.58. The molecule has 5 heteroatoms. The van der Waals surface area contributed by atoms with Crippen LogP contribution in [0.2, 0.25) is 0 Å². The molecule has 0 bridgehead atoms. The summed E-state index contributed by atoms with van der Waals surface area (Å²) in [5.74, 6) is -1.00. The lowest BCUT2D eigenvalue weighted by molar-refractivity contribution is -0.132. The molecule has 0 unspecified atom stereocenters. The lowest BCUT2D eigenvalue weighted by Gasteiger charge is -2.18. The molecule has 0 radical (unpaired) electrons. The van der Waals surface area contributed by atoms with Gasteiger partial charge in [-0.2, -0.15) is 0 Å². The number of hydrogen-bond donors (Lipinski definition) is 1. The van der Waals surface area contributed by atoms with E-state index in [1.807, 2.05) is 31.2 Å². The molecular weight excluding hydrogens is 307 g/mol. The Balaban J connectivity index is 1.93. The first-order valence-electron chi connectivity index (χ1n) is 7.86. The molecule has 0 aliphatic heterocycles. The molecule has 0 aliphatic carbocycles. The molecule has 0 aliphatic rings. The average Bonchev–Trinajstić information content (AvgIpc) is 2.57. The molecule has 1 N–H and O–H groups in total. The monoisotopic (exact) mass is 328 g/mol. The van der Waals surface area contributed by atoms with Gasteiger partial charge in [0, 0.05) is 12.7 Å². The van der Waals surface area contributed by atoms with E-state index < -0.39 is 5.82 Å². The normalized spacial score (nSPS) is 10.3. The molecule has 0 fully saturated rings. The highest BCUT2D eigenvalue weighted by Crippen LogP contribution is 2.15. The van der Waals surface area contributed by atoms with Crippen LogP contribution in [0.5, 0.6) is 0 Å². The quantitative estimate of drug-likeness (QED) is 0.886. The van der Waals surface area contributed by atoms with Crippen molar-refractivity contribution in [1.82, 2.24) is 4.90 Å². The van der Waals surface area contributed by atoms with Gasteiger partial charge in [0.05, 0.1) is 13.0 Å². The van der Waals surface area contributed by atoms with Gasteiger partial charge in [0.25, 0.3) is 0 Å². The van der Waals surface area contributed by atoms with Gasteiger partial charge in [0.1, 0.15) is 5.82 Å². The Labute approximate surface area is 141 Å². The van der Waals surface area contributed by atoms with Crippen LogP contribution in [0.4, 0.5) is 10.1 Å². The zero-order valence-electron chi connectivity index (χ0n) is 13.9. The molecule has 2 aromatic rings. The number of rotatable bonds is 6. The summed E-state index contributed by atoms with van der Waals surface area (Å²) in [5, 5.41) is 2.82. The molecule has 0 atom stereocenters. The van der Waals surface area contributed by atoms with Gasteiger partial charge in [-0.15, -0.1) is 0 Å². The Kier molecular flexibility index (Phi) is 6.07. The lowest BCUT2D eigenvalue weighted by Crippen LogP contribution is -2.36. The van der Waals surface area contributed by atoms with E-state index in [2.05, 4.69) is 5.32 Å². The minimum atomic E-state index is -0.416. The van der Waals surface area contributed by atoms with Crippen molar-refractivity contribution >= 4 is 17.5 Å². The molecule has 24 heavy (non-hydrogen) atoms. The standard InChI is InChI=1S/C19H21FN2O2/c1-3-14-8-5-7-11-17(14)21-18(23)13-22(2)19(24)12-15-9-4-6-10-16(15)20/h4-11H,3,12-13H2,1-2H3,(H,21,23). The largest absolute Gasteiger partial charge is 0.336 e. The molecule has 0 heterocycles. The SMILES string of the molecule is CCc1ccccc1NC(=O)CN(C)C(=O)Cc1ccccc1F. The summed E-state index contributed by atoms with van der Waals surface area (Å²) in [7, 11) is 1.54. The Morgan fingerprint density at radius 1 is 1.04 bits per heavy atom. The predicted molar refractivity (Wildman–Crippen MR) is 92.2 cm³/mol. The maximum absolute atomic E-state index is 13.6. The van der Waals surface area contributed by atoms with Crippen LogP contribution in [0.1, 0.15) is 18.1 Å². The molecular formula is C19H21FN2O2. The van der Waals surface area contributed by atoms with Crippen molar-refractivity contribution in [2.45, 2.75) is 19.8 Å². The van der Waals surface area contributed by atoms with Gasteiger partial charge in [-0.05, 0) is 29.7 Å². The summed E-state index contributed by atoms with van der Waals surface area (Å²) in [4.78, 5) is 25.6. The summed E-state index contributed by atoms with van der Waals surface area (Å²) in [6.07, 6.45) is 0.737. The van der Waals surface area contributed by atoms with E-state index in [9.17, 15) is 14.0 Å². The Morgan fingerprint density at radius 3 is 2.33 bits per heavy atom. The molecule has 2 aromatic carbocycles. The number of nitrogens with zero attached hydrogens (tertiary/aromatic N) is 1. The van der Waals surface area contributed by atoms with Crippen molar-refractivity contribution in [2.24, 2.45) is 0 Å². The zero-order valence-corrected chi connectivity index (χ0v) is 13.9. The molecule has 2 amide bonds. The van der Waals surface area contributed by atoms with Crippen LogP contribution in [0, 0.1) is 5.82 Å². The van der Waals surface area contributed by atoms with Crippen LogP contribution >= 0.6 is 0 Å². The fourth-order valence-corrected chi connectivity index (χ4v) is 2.38. The molecule has 0 spiro atoms. The highest BCUT2D eigenvalue weighted by Gasteiger charge is 2.15. The van der Waals surface area contributed by atoms with Gasteiger partial charge in [-0.3, -0.25) is 9.59 Å². The smallest absolute Gasteiger partial charge is 0.243 e. The Hall–Kier alpha value is -2.69. The second kappa shape index (κ2) is 8.24. The van der Waals surface area contributed by atoms with E-state index in [4.69, 9.17) is 0 Å². The number of amides is 2. The number of halogens is 1. The Morgan fingerprint density at radius 2 is 1.67 bits per heavy atom. The van der Waals surface area contributed by atoms with Gasteiger partial charge in [-0.25, -0.2) is 4.39 Å². The zero-order chi connectivity index (χ0) is 17.5. The fraction of sp³-hybridized carbons (Fsp3) is 0.263. The minimum absolute atomic E-state index is 0.0675. The van der Waals surface area contributed by atoms with Crippen molar-refractivity contribution in [2.75, 3.05) is 18.9 Å². The van der Waals surface area contributed by atoms with Crippen LogP contribution in [0.25, 0.3) is 0 Å². The van der Waals surface area contributed by atoms with E-state index in [-0.39, 0.29) is 24.8 Å². The summed E-state index contributed by atoms with van der Waals surface area (Å²) in [6, 6.07) is 13.7. The molecule has 0 saturated carbocycles. The third-order valence-electron chi connectivity index (χ3n) is 3.78. The summed E-state index contributed by atoms with van der Waals surface area (Å²) >= 11 is 0. The third kappa shape index (κ3) is 4.65. The van der Waals surface area contributed by atoms with Crippen molar-refractivity contribution in [3.8, 4) is 0 Å². The summed E-state index contributed by atoms with van der Waals surface area (Å²) in [5.41, 5.74) is 2.11. The van der Waals surface area contributed by atoms with E-state index >= 15 is 0 Å². The van der Waals surface area contributed by atoms with Crippen LogP contribution in [-0.2, 0) is 22.4 Å². The van der Waals surface area contributed by atoms with Gasteiger partial charge in [0.2, 0.25) is 11.8 Å². The number of aryl methyl sites for hydroxylation is 1. The molecule has 0 aromatic heterocycles. The van der Waals surface area contributed by atoms with Crippen molar-refractivity contribution in [3.63, 3.8) is 0 Å². The van der Waals surface area contributed by atoms with Crippen molar-refractivity contribution in [3.05, 3.63) is 65.5 Å². The van der Waals surface area contributed by atoms with Gasteiger partial charge < -0.3 is 10.2 Å². The van der Waals surface area contributed by atoms with E-state index in [1.54, 1.807) is 18.2 Å². The number of likely N-dealkylation sites (N-methyl/N-ethyl adjacent to an activating group) is 1. The summed E-state index contributed by atoms with van der Waals surface area (Å²) < 4.78 is 13.6. The third-order valence-corrected chi connectivity index (χ3v) is 3.78. The first kappa shape index (κ1) is 17.7. The van der Waals surface area contributed by atoms with E-state index in [1.165, 1.54) is 18.0 Å². The fourth-order valence-electron chi connectivity index (χ4n) is 2.38. The van der Waals surface area contributed by atoms with E-state index in [0.717, 1.165) is 17.7 Å². The number of para-hydroxylation sites is 1. The number of carbonyl (C=O) groups is 2. The van der Waals surface area contributed by atoms with Gasteiger partial charge in [0.15, 0.2) is 0 Å². The van der Waals surface area contributed by atoms with Crippen molar-refractivity contribution < 1.29 is 14.0 Å². The predicted octanol–water partition coefficient (Wildman–Crippen LogP) is 3.03. The van der Waals surface area contributed by atoms with Crippen LogP contribution < -0.4 is 5.32 Å². The second-order valence-electron chi connectivity index (χ2n) is 5.58. The Bertz CT molecular complexity index is 731. The van der Waals surface area contributed by atoms with Crippen LogP contribution in [-0.4, -0.2) is 30.3 Å². The maximum Gasteiger partial charge on any atom is 0.243 e. The molecule has 126 valence electrons. The lowest BCUT2D eigenvalue weighted by atomic mass is 10.1. The van der Waals surface area contributed by atoms with E-state index in [0.29, 0.717) is 5.56 Å². The number of anilines is 1. The number of hydrogen-bond acceptors (Lipinski definition) is 2. The number of nitrogens with one attached hydrogen (secondary N) is 1. The first-order valence-corrected chi connectivity index (χ1v) is 7.86. The van der Waals surface area contributed by atoms with Gasteiger partial charge >= 0.3 is 0 Å². The van der Waals surface area contributed by atoms with Gasteiger partial charge in [-0.1, -0.05) is 43.3 Å². The average molecular weight is 328 g/mol. The maximum atomic E-state index is 13.6. The number of carbonyl (C=O) groups excluding carboxylic acids is 2. The van der Waals surface area contributed by atoms with Crippen LogP contribution in [0.15, 0.2) is 48.5 Å². The molecule has 2 rings (SSSR count). The molecule has 0 saturated heterocycles. The summed E-state index contributed by atoms with van der Waals surface area (Å²) in [6.45, 7) is 1.93. The first-order chi connectivity index (χ1) is 11.5. The minimum Gasteiger partial charge on any atom is -0.336 e. The van der Waals surface area contributed by atoms with Crippen molar-refractivity contribution in [1.29, 1.82) is 0 Å². The van der Waals surface area contributed by atoms with Crippen LogP contribution in [0.3, 0.4) is 0 Å². The highest BCUT2D eigenvalue weighted by molar-refractivity contribution is 5.95. The number of benzene rings is 2. The topological polar surface area (TPSA) is 49.4 Å². The molecule has 4 nitrogen and oxygen atoms in total. The highest BCUT2D eigenvalue weighted by atomic mass is 19.1.